The molecule has 21 heavy (non-hydrogen) atoms. The Kier molecular flexibility index (Phi) is 5.33. The van der Waals surface area contributed by atoms with Crippen LogP contribution in [0.4, 0.5) is 0 Å². The molecule has 0 aromatic heterocycles. The Balaban J connectivity index is 1.85. The minimum absolute atomic E-state index is 0.00190. The summed E-state index contributed by atoms with van der Waals surface area (Å²) in [6.07, 6.45) is 3.83. The fourth-order valence-electron chi connectivity index (χ4n) is 2.77. The van der Waals surface area contributed by atoms with Crippen molar-refractivity contribution in [3.8, 4) is 0 Å². The fourth-order valence-corrected chi connectivity index (χ4v) is 2.77. The molecule has 1 aliphatic carbocycles. The van der Waals surface area contributed by atoms with Gasteiger partial charge in [-0.1, -0.05) is 18.6 Å². The molecule has 1 fully saturated rings. The topological polar surface area (TPSA) is 81.4 Å². The number of methoxy groups -OCH3 is 1. The van der Waals surface area contributed by atoms with Crippen LogP contribution in [0.3, 0.4) is 0 Å². The summed E-state index contributed by atoms with van der Waals surface area (Å²) in [4.78, 5) is 22.6. The average Bonchev–Trinajstić information content (AvgIpc) is 2.53. The number of ether oxygens (including phenoxy) is 1. The van der Waals surface area contributed by atoms with Crippen LogP contribution in [0.1, 0.15) is 41.6 Å². The number of primary amides is 1. The molecule has 1 aromatic rings. The Morgan fingerprint density at radius 1 is 1.29 bits per heavy atom. The highest BCUT2D eigenvalue weighted by atomic mass is 16.5. The van der Waals surface area contributed by atoms with Gasteiger partial charge in [-0.05, 0) is 37.0 Å². The maximum absolute atomic E-state index is 11.3. The monoisotopic (exact) mass is 290 g/mol. The standard InChI is InChI=1S/C16H22N2O3/c1-21-16(20)12-7-5-11(6-8-12)10-18-14-4-2-3-13(9-14)15(17)19/h5-8,13-14,18H,2-4,9-10H2,1H3,(H2,17,19)/t13-,14+/m1/s1. The molecule has 1 aliphatic rings. The van der Waals surface area contributed by atoms with Gasteiger partial charge in [-0.3, -0.25) is 4.79 Å². The van der Waals surface area contributed by atoms with E-state index in [1.165, 1.54) is 7.11 Å². The van der Waals surface area contributed by atoms with Gasteiger partial charge in [0.1, 0.15) is 0 Å². The third-order valence-electron chi connectivity index (χ3n) is 4.05. The summed E-state index contributed by atoms with van der Waals surface area (Å²) >= 11 is 0. The van der Waals surface area contributed by atoms with Crippen LogP contribution in [-0.2, 0) is 16.1 Å². The number of benzene rings is 1. The third-order valence-corrected chi connectivity index (χ3v) is 4.05. The number of nitrogens with one attached hydrogen (secondary N) is 1. The van der Waals surface area contributed by atoms with Crippen LogP contribution in [0.15, 0.2) is 24.3 Å². The van der Waals surface area contributed by atoms with Gasteiger partial charge in [0.05, 0.1) is 12.7 Å². The third kappa shape index (κ3) is 4.29. The number of amides is 1. The number of esters is 1. The first-order valence-corrected chi connectivity index (χ1v) is 7.30. The van der Waals surface area contributed by atoms with Gasteiger partial charge in [-0.25, -0.2) is 4.79 Å². The molecule has 1 saturated carbocycles. The summed E-state index contributed by atoms with van der Waals surface area (Å²) < 4.78 is 4.67. The van der Waals surface area contributed by atoms with Crippen LogP contribution >= 0.6 is 0 Å². The van der Waals surface area contributed by atoms with E-state index in [0.717, 1.165) is 37.8 Å². The molecule has 0 heterocycles. The summed E-state index contributed by atoms with van der Waals surface area (Å²) in [7, 11) is 1.37. The summed E-state index contributed by atoms with van der Waals surface area (Å²) in [5.74, 6) is -0.520. The van der Waals surface area contributed by atoms with Crippen molar-refractivity contribution in [3.05, 3.63) is 35.4 Å². The molecule has 114 valence electrons. The number of rotatable bonds is 5. The first kappa shape index (κ1) is 15.5. The second-order valence-electron chi connectivity index (χ2n) is 5.53. The summed E-state index contributed by atoms with van der Waals surface area (Å²) in [6.45, 7) is 0.720. The van der Waals surface area contributed by atoms with Gasteiger partial charge in [0.25, 0.3) is 0 Å². The lowest BCUT2D eigenvalue weighted by Gasteiger charge is -2.28. The van der Waals surface area contributed by atoms with Crippen LogP contribution in [-0.4, -0.2) is 25.0 Å². The zero-order valence-electron chi connectivity index (χ0n) is 12.3. The van der Waals surface area contributed by atoms with E-state index in [2.05, 4.69) is 10.1 Å². The van der Waals surface area contributed by atoms with Crippen molar-refractivity contribution in [2.45, 2.75) is 38.3 Å². The molecule has 1 amide bonds. The van der Waals surface area contributed by atoms with E-state index in [0.29, 0.717) is 11.6 Å². The number of carbonyl (C=O) groups excluding carboxylic acids is 2. The first-order valence-electron chi connectivity index (χ1n) is 7.30. The van der Waals surface area contributed by atoms with E-state index in [-0.39, 0.29) is 17.8 Å². The Labute approximate surface area is 124 Å². The molecule has 2 atom stereocenters. The highest BCUT2D eigenvalue weighted by Crippen LogP contribution is 2.24. The molecule has 0 spiro atoms. The molecule has 5 nitrogen and oxygen atoms in total. The lowest BCUT2D eigenvalue weighted by molar-refractivity contribution is -0.122. The maximum Gasteiger partial charge on any atom is 0.337 e. The van der Waals surface area contributed by atoms with Crippen molar-refractivity contribution in [1.82, 2.24) is 5.32 Å². The summed E-state index contributed by atoms with van der Waals surface area (Å²) in [5.41, 5.74) is 7.03. The van der Waals surface area contributed by atoms with E-state index in [9.17, 15) is 9.59 Å². The fraction of sp³-hybridized carbons (Fsp3) is 0.500. The highest BCUT2D eigenvalue weighted by molar-refractivity contribution is 5.89. The van der Waals surface area contributed by atoms with Gasteiger partial charge >= 0.3 is 5.97 Å². The van der Waals surface area contributed by atoms with Gasteiger partial charge in [-0.15, -0.1) is 0 Å². The zero-order valence-corrected chi connectivity index (χ0v) is 12.3. The Morgan fingerprint density at radius 3 is 2.62 bits per heavy atom. The maximum atomic E-state index is 11.3. The summed E-state index contributed by atoms with van der Waals surface area (Å²) in [6, 6.07) is 7.67. The Morgan fingerprint density at radius 2 is 2.00 bits per heavy atom. The second kappa shape index (κ2) is 7.22. The normalized spacial score (nSPS) is 21.8. The van der Waals surface area contributed by atoms with Crippen LogP contribution in [0.5, 0.6) is 0 Å². The van der Waals surface area contributed by atoms with E-state index >= 15 is 0 Å². The molecule has 3 N–H and O–H groups in total. The van der Waals surface area contributed by atoms with Crippen LogP contribution < -0.4 is 11.1 Å². The van der Waals surface area contributed by atoms with Crippen molar-refractivity contribution < 1.29 is 14.3 Å². The number of hydrogen-bond acceptors (Lipinski definition) is 4. The molecular weight excluding hydrogens is 268 g/mol. The molecule has 0 bridgehead atoms. The largest absolute Gasteiger partial charge is 0.465 e. The molecule has 0 radical (unpaired) electrons. The van der Waals surface area contributed by atoms with E-state index in [4.69, 9.17) is 5.73 Å². The predicted octanol–water partition coefficient (Wildman–Crippen LogP) is 1.61. The predicted molar refractivity (Wildman–Crippen MR) is 79.6 cm³/mol. The van der Waals surface area contributed by atoms with Crippen molar-refractivity contribution in [3.63, 3.8) is 0 Å². The van der Waals surface area contributed by atoms with Crippen molar-refractivity contribution in [2.75, 3.05) is 7.11 Å². The zero-order chi connectivity index (χ0) is 15.2. The SMILES string of the molecule is COC(=O)c1ccc(CN[C@H]2CCC[C@@H](C(N)=O)C2)cc1. The molecule has 2 rings (SSSR count). The van der Waals surface area contributed by atoms with Crippen LogP contribution in [0, 0.1) is 5.92 Å². The molecule has 0 unspecified atom stereocenters. The van der Waals surface area contributed by atoms with Crippen LogP contribution in [0.25, 0.3) is 0 Å². The molecule has 5 heteroatoms. The second-order valence-corrected chi connectivity index (χ2v) is 5.53. The summed E-state index contributed by atoms with van der Waals surface area (Å²) in [5, 5.41) is 3.46. The molecule has 0 aliphatic heterocycles. The minimum atomic E-state index is -0.328. The van der Waals surface area contributed by atoms with Gasteiger partial charge in [-0.2, -0.15) is 0 Å². The average molecular weight is 290 g/mol. The number of hydrogen-bond donors (Lipinski definition) is 2. The van der Waals surface area contributed by atoms with Crippen LogP contribution in [0.2, 0.25) is 0 Å². The van der Waals surface area contributed by atoms with Gasteiger partial charge in [0.15, 0.2) is 0 Å². The van der Waals surface area contributed by atoms with Crippen molar-refractivity contribution in [2.24, 2.45) is 11.7 Å². The van der Waals surface area contributed by atoms with E-state index in [1.54, 1.807) is 12.1 Å². The first-order chi connectivity index (χ1) is 10.1. The lowest BCUT2D eigenvalue weighted by atomic mass is 9.85. The van der Waals surface area contributed by atoms with Crippen molar-refractivity contribution >= 4 is 11.9 Å². The Hall–Kier alpha value is -1.88. The quantitative estimate of drug-likeness (QED) is 0.807. The number of carbonyl (C=O) groups is 2. The highest BCUT2D eigenvalue weighted by Gasteiger charge is 2.25. The van der Waals surface area contributed by atoms with Gasteiger partial charge < -0.3 is 15.8 Å². The minimum Gasteiger partial charge on any atom is -0.465 e. The van der Waals surface area contributed by atoms with E-state index in [1.807, 2.05) is 12.1 Å². The smallest absolute Gasteiger partial charge is 0.337 e. The molecule has 0 saturated heterocycles. The number of nitrogens with two attached hydrogens (primary N) is 1. The lowest BCUT2D eigenvalue weighted by Crippen LogP contribution is -2.38. The molecule has 1 aromatic carbocycles. The van der Waals surface area contributed by atoms with Gasteiger partial charge in [0, 0.05) is 18.5 Å². The Bertz CT molecular complexity index is 499. The van der Waals surface area contributed by atoms with Crippen molar-refractivity contribution in [1.29, 1.82) is 0 Å². The van der Waals surface area contributed by atoms with E-state index < -0.39 is 0 Å². The van der Waals surface area contributed by atoms with Gasteiger partial charge in [0.2, 0.25) is 5.91 Å². The molecular formula is C16H22N2O3.